The van der Waals surface area contributed by atoms with E-state index in [1.807, 2.05) is 91.0 Å². The van der Waals surface area contributed by atoms with Gasteiger partial charge in [0.15, 0.2) is 0 Å². The molecule has 1 aliphatic heterocycles. The maximum atomic E-state index is 9.44. The Hall–Kier alpha value is -5.11. The number of hydrogen-bond donors (Lipinski definition) is 0. The third kappa shape index (κ3) is 3.72. The van der Waals surface area contributed by atoms with Crippen LogP contribution in [0.1, 0.15) is 11.0 Å². The van der Waals surface area contributed by atoms with Gasteiger partial charge in [0.2, 0.25) is 0 Å². The van der Waals surface area contributed by atoms with Gasteiger partial charge in [-0.05, 0) is 83.6 Å². The van der Waals surface area contributed by atoms with Gasteiger partial charge in [0.1, 0.15) is 0 Å². The number of rotatable bonds is 3. The van der Waals surface area contributed by atoms with Crippen LogP contribution in [0, 0.1) is 0 Å². The van der Waals surface area contributed by atoms with Crippen LogP contribution in [0.3, 0.4) is 0 Å². The number of benzene rings is 8. The Labute approximate surface area is 266 Å². The van der Waals surface area contributed by atoms with Crippen molar-refractivity contribution in [3.8, 4) is 44.5 Å². The second-order valence-corrected chi connectivity index (χ2v) is 11.7. The molecule has 8 aromatic rings. The standard InChI is InChI=1S/C42H26S/c1-2-13-27(14-3-1)28-15-4-5-17-30(28)40-32-18-6-8-20-34(32)41(35-21-9-7-19-33(35)40)37-25-26-39-42-31(22-12-23-36(37)42)29-16-10-11-24-38(29)43-39/h1-26H/i6D,7D,8D,9D,18D,19D,20D,21D. The minimum absolute atomic E-state index is 0.206. The molecule has 1 heterocycles. The molecule has 0 N–H and O–H groups in total. The molecule has 200 valence electrons. The molecule has 0 aliphatic carbocycles. The van der Waals surface area contributed by atoms with Gasteiger partial charge < -0.3 is 0 Å². The summed E-state index contributed by atoms with van der Waals surface area (Å²) in [5.41, 5.74) is 5.68. The Balaban J connectivity index is 1.55. The molecule has 0 spiro atoms. The zero-order valence-electron chi connectivity index (χ0n) is 30.8. The lowest BCUT2D eigenvalue weighted by Gasteiger charge is -2.23. The van der Waals surface area contributed by atoms with Crippen molar-refractivity contribution in [2.75, 3.05) is 0 Å². The minimum atomic E-state index is -0.415. The van der Waals surface area contributed by atoms with Gasteiger partial charge in [0, 0.05) is 15.2 Å². The summed E-state index contributed by atoms with van der Waals surface area (Å²) in [7, 11) is 0. The third-order valence-corrected chi connectivity index (χ3v) is 9.46. The van der Waals surface area contributed by atoms with Gasteiger partial charge >= 0.3 is 0 Å². The van der Waals surface area contributed by atoms with E-state index in [1.54, 1.807) is 11.8 Å². The Morgan fingerprint density at radius 1 is 0.372 bits per heavy atom. The van der Waals surface area contributed by atoms with Crippen LogP contribution in [0.2, 0.25) is 0 Å². The highest BCUT2D eigenvalue weighted by atomic mass is 32.2. The minimum Gasteiger partial charge on any atom is -0.0888 e. The van der Waals surface area contributed by atoms with E-state index in [9.17, 15) is 5.48 Å². The van der Waals surface area contributed by atoms with Crippen LogP contribution in [0.25, 0.3) is 76.8 Å². The second kappa shape index (κ2) is 9.73. The van der Waals surface area contributed by atoms with Gasteiger partial charge in [-0.25, -0.2) is 0 Å². The Bertz CT molecular complexity index is 2730. The van der Waals surface area contributed by atoms with E-state index >= 15 is 0 Å². The normalized spacial score (nSPS) is 14.7. The van der Waals surface area contributed by atoms with Gasteiger partial charge in [0.25, 0.3) is 0 Å². The lowest BCUT2D eigenvalue weighted by molar-refractivity contribution is 1.40. The molecule has 0 saturated heterocycles. The molecule has 9 rings (SSSR count). The monoisotopic (exact) mass is 570 g/mol. The molecule has 0 nitrogen and oxygen atoms in total. The number of hydrogen-bond acceptors (Lipinski definition) is 1. The first-order valence-corrected chi connectivity index (χ1v) is 14.9. The van der Waals surface area contributed by atoms with Crippen molar-refractivity contribution < 1.29 is 11.0 Å². The van der Waals surface area contributed by atoms with Crippen LogP contribution in [-0.2, 0) is 0 Å². The first-order chi connectivity index (χ1) is 24.7. The fourth-order valence-corrected chi connectivity index (χ4v) is 7.66. The largest absolute Gasteiger partial charge is 0.0888 e. The van der Waals surface area contributed by atoms with E-state index in [2.05, 4.69) is 18.2 Å². The highest BCUT2D eigenvalue weighted by Gasteiger charge is 2.23. The Kier molecular flexibility index (Phi) is 4.02. The van der Waals surface area contributed by atoms with Gasteiger partial charge in [-0.1, -0.05) is 157 Å². The SMILES string of the molecule is [2H]c1c([2H])c([2H])c2c(-c3ccc4c5c(cccc35)-c3ccccc3S4)c3c([2H])c([2H])c([2H])c([2H])c3c(-c3ccccc3-c3ccccc3)c2c1[2H]. The summed E-state index contributed by atoms with van der Waals surface area (Å²) in [6.07, 6.45) is 0. The van der Waals surface area contributed by atoms with Crippen LogP contribution < -0.4 is 0 Å². The van der Waals surface area contributed by atoms with E-state index in [0.29, 0.717) is 22.3 Å². The van der Waals surface area contributed by atoms with Crippen molar-refractivity contribution in [1.29, 1.82) is 0 Å². The van der Waals surface area contributed by atoms with E-state index in [4.69, 9.17) is 5.48 Å². The molecular formula is C42H26S. The lowest BCUT2D eigenvalue weighted by Crippen LogP contribution is -1.96. The zero-order valence-corrected chi connectivity index (χ0v) is 23.6. The first kappa shape index (κ1) is 17.8. The summed E-state index contributed by atoms with van der Waals surface area (Å²) < 4.78 is 73.1. The summed E-state index contributed by atoms with van der Waals surface area (Å²) in [4.78, 5) is 2.17. The van der Waals surface area contributed by atoms with Crippen molar-refractivity contribution in [3.63, 3.8) is 0 Å². The van der Waals surface area contributed by atoms with Crippen LogP contribution >= 0.6 is 11.8 Å². The molecule has 0 fully saturated rings. The molecule has 43 heavy (non-hydrogen) atoms. The maximum Gasteiger partial charge on any atom is 0.0629 e. The predicted octanol–water partition coefficient (Wildman–Crippen LogP) is 12.3. The summed E-state index contributed by atoms with van der Waals surface area (Å²) >= 11 is 1.66. The Morgan fingerprint density at radius 3 is 1.63 bits per heavy atom. The molecule has 1 heteroatoms. The smallest absolute Gasteiger partial charge is 0.0629 e. The first-order valence-electron chi connectivity index (χ1n) is 18.1. The van der Waals surface area contributed by atoms with Crippen molar-refractivity contribution >= 4 is 44.1 Å². The van der Waals surface area contributed by atoms with Gasteiger partial charge in [-0.3, -0.25) is 0 Å². The summed E-state index contributed by atoms with van der Waals surface area (Å²) in [5.74, 6) is 0. The fourth-order valence-electron chi connectivity index (χ4n) is 6.53. The van der Waals surface area contributed by atoms with Crippen LogP contribution in [-0.4, -0.2) is 0 Å². The van der Waals surface area contributed by atoms with Crippen LogP contribution in [0.4, 0.5) is 0 Å². The third-order valence-electron chi connectivity index (χ3n) is 8.33. The van der Waals surface area contributed by atoms with Crippen LogP contribution in [0.15, 0.2) is 167 Å². The highest BCUT2D eigenvalue weighted by Crippen LogP contribution is 2.52. The van der Waals surface area contributed by atoms with Gasteiger partial charge in [-0.15, -0.1) is 0 Å². The average molecular weight is 571 g/mol. The topological polar surface area (TPSA) is 0 Å². The van der Waals surface area contributed by atoms with Crippen molar-refractivity contribution in [2.24, 2.45) is 0 Å². The molecule has 0 radical (unpaired) electrons. The quantitative estimate of drug-likeness (QED) is 0.190. The van der Waals surface area contributed by atoms with Crippen LogP contribution in [0.5, 0.6) is 0 Å². The molecule has 1 aliphatic rings. The van der Waals surface area contributed by atoms with E-state index in [-0.39, 0.29) is 45.7 Å². The summed E-state index contributed by atoms with van der Waals surface area (Å²) in [6, 6.07) is 32.6. The molecule has 0 atom stereocenters. The Morgan fingerprint density at radius 2 is 0.930 bits per heavy atom. The van der Waals surface area contributed by atoms with E-state index in [0.717, 1.165) is 42.8 Å². The molecule has 0 amide bonds. The second-order valence-electron chi connectivity index (χ2n) is 10.6. The molecule has 8 aromatic carbocycles. The molecule has 0 aromatic heterocycles. The summed E-state index contributed by atoms with van der Waals surface area (Å²) in [5, 5.41) is 2.64. The van der Waals surface area contributed by atoms with E-state index in [1.165, 1.54) is 0 Å². The van der Waals surface area contributed by atoms with E-state index < -0.39 is 24.2 Å². The predicted molar refractivity (Wildman–Crippen MR) is 185 cm³/mol. The van der Waals surface area contributed by atoms with Crippen molar-refractivity contribution in [2.45, 2.75) is 9.79 Å². The molecule has 0 unspecified atom stereocenters. The van der Waals surface area contributed by atoms with Crippen molar-refractivity contribution in [1.82, 2.24) is 0 Å². The zero-order chi connectivity index (χ0) is 35.3. The fraction of sp³-hybridized carbons (Fsp3) is 0. The molecule has 0 saturated carbocycles. The molecular weight excluding hydrogens is 537 g/mol. The van der Waals surface area contributed by atoms with Gasteiger partial charge in [0.05, 0.1) is 11.0 Å². The summed E-state index contributed by atoms with van der Waals surface area (Å²) in [6.45, 7) is 0. The number of fused-ring (bicyclic) bond motifs is 4. The average Bonchev–Trinajstić information content (AvgIpc) is 3.17. The lowest BCUT2D eigenvalue weighted by atomic mass is 9.82. The van der Waals surface area contributed by atoms with Gasteiger partial charge in [-0.2, -0.15) is 0 Å². The van der Waals surface area contributed by atoms with Crippen molar-refractivity contribution in [3.05, 3.63) is 158 Å². The molecule has 0 bridgehead atoms. The maximum absolute atomic E-state index is 9.44. The highest BCUT2D eigenvalue weighted by molar-refractivity contribution is 7.99.